The lowest BCUT2D eigenvalue weighted by Crippen LogP contribution is -2.38. The van der Waals surface area contributed by atoms with Crippen molar-refractivity contribution in [2.45, 2.75) is 157 Å². The van der Waals surface area contributed by atoms with Gasteiger partial charge in [-0.15, -0.1) is 0 Å². The number of nitrogens with one attached hydrogen (secondary N) is 3. The van der Waals surface area contributed by atoms with Gasteiger partial charge in [-0.05, 0) is 220 Å². The summed E-state index contributed by atoms with van der Waals surface area (Å²) in [5, 5.41) is 20.1. The Hall–Kier alpha value is -14.9. The Kier molecular flexibility index (Phi) is 23.2. The first kappa shape index (κ1) is 85.3. The highest BCUT2D eigenvalue weighted by molar-refractivity contribution is 6.08. The number of carbonyl (C=O) groups is 5. The number of benzene rings is 7. The van der Waals surface area contributed by atoms with Crippen LogP contribution in [-0.4, -0.2) is 135 Å². The SMILES string of the molecule is COC(=O)c1cc(-c2c(C)noc2C)cc2[nH]c(C3CC3)[n+](Cc3ccccc3)c12.COC(=O)c1cc(-c2c(C)noc2C)cc2[nH]c(C3CC3)nc12.COC(=O)c1cc(-c2c(C)noc2C)cc2[nH]c(N)nc12.COC(=O)c1cc(-c2c(C)noc2C)cc2c1nc(C1CC1)n2C.COC(=O)c1cc(-c2c(C)noc2C)cc2c1nc(C1CC1)n2Cc1ccccc1. The van der Waals surface area contributed by atoms with Crippen molar-refractivity contribution >= 4 is 91.0 Å². The third-order valence-corrected chi connectivity index (χ3v) is 23.9. The molecule has 0 amide bonds. The number of ether oxygens (including phenoxy) is 5. The molecule has 0 saturated heterocycles. The van der Waals surface area contributed by atoms with Gasteiger partial charge in [-0.1, -0.05) is 86.4 Å². The van der Waals surface area contributed by atoms with E-state index in [1.165, 1.54) is 46.7 Å². The molecule has 21 rings (SSSR count). The molecule has 128 heavy (non-hydrogen) atoms. The van der Waals surface area contributed by atoms with Crippen LogP contribution in [0.1, 0.15) is 219 Å². The van der Waals surface area contributed by atoms with E-state index in [1.54, 1.807) is 12.1 Å². The molecule has 4 aliphatic rings. The normalized spacial score (nSPS) is 13.5. The molecule has 17 aromatic rings. The average Bonchev–Trinajstić information content (AvgIpc) is 1.60. The number of aromatic amines is 3. The summed E-state index contributed by atoms with van der Waals surface area (Å²) >= 11 is 0. The maximum absolute atomic E-state index is 12.8. The maximum Gasteiger partial charge on any atom is 0.342 e. The quantitative estimate of drug-likeness (QED) is 0.0352. The van der Waals surface area contributed by atoms with Crippen molar-refractivity contribution in [3.8, 4) is 55.6 Å². The van der Waals surface area contributed by atoms with Gasteiger partial charge in [0.1, 0.15) is 80.4 Å². The second-order valence-electron chi connectivity index (χ2n) is 33.0. The van der Waals surface area contributed by atoms with Crippen LogP contribution < -0.4 is 10.3 Å². The van der Waals surface area contributed by atoms with Gasteiger partial charge in [-0.3, -0.25) is 0 Å². The summed E-state index contributed by atoms with van der Waals surface area (Å²) in [4.78, 5) is 90.3. The molecular formula is C97H97N16O15+. The van der Waals surface area contributed by atoms with Crippen molar-refractivity contribution in [3.63, 3.8) is 0 Å². The Morgan fingerprint density at radius 2 is 0.742 bits per heavy atom. The number of rotatable bonds is 18. The summed E-state index contributed by atoms with van der Waals surface area (Å²) in [6, 6.07) is 39.8. The first-order valence-electron chi connectivity index (χ1n) is 42.4. The standard InChI is InChI=1S/2C24H23N3O3.C18H19N3O3.C17H17N3O3.C14H14N4O3/c1-14-21(15(2)30-26-14)18-11-19(24(28)29-3)22-20(12-18)27(23(25-22)17-9-10-17)13-16-7-5-4-6-8-16;1-14-21(15(2)30-26-14)18-11-19(24(28)29-3)22-20(12-18)25-23(17-9-10-17)27(22)13-16-7-5-4-6-8-16;1-9-15(10(2)24-20-9)12-7-13(18(22)23-4)16-14(8-12)21(3)17(19-16)11-5-6-11;1-8-14(9(2)23-20-8)11-6-12(17(21)22-3)15-13(7-11)18-16(19-15)10-4-5-10;1-6-11(7(2)21-18-6)8-4-9(13(19)20-3)12-10(5-8)16-14(15)17-12/h2*4-8,11-12,17H,9-10,13H2,1-3H3;7-8,11H,5-6H2,1-4H3;6-7,10H,4-5H2,1-3H3,(H,18,19);4-5H,1-3H3,(H3,15,16,17)/p+1. The molecule has 654 valence electrons. The van der Waals surface area contributed by atoms with Crippen molar-refractivity contribution in [2.24, 2.45) is 7.05 Å². The summed E-state index contributed by atoms with van der Waals surface area (Å²) in [7, 11) is 8.92. The first-order chi connectivity index (χ1) is 61.7. The number of aryl methyl sites for hydroxylation is 11. The molecule has 5 N–H and O–H groups in total. The number of carbonyl (C=O) groups excluding carboxylic acids is 5. The lowest BCUT2D eigenvalue weighted by atomic mass is 10.00. The van der Waals surface area contributed by atoms with Gasteiger partial charge in [0.25, 0.3) is 5.82 Å². The van der Waals surface area contributed by atoms with E-state index in [0.29, 0.717) is 97.9 Å². The van der Waals surface area contributed by atoms with Crippen LogP contribution in [-0.2, 0) is 43.8 Å². The number of H-pyrrole nitrogens is 3. The van der Waals surface area contributed by atoms with Gasteiger partial charge >= 0.3 is 29.8 Å². The van der Waals surface area contributed by atoms with E-state index in [-0.39, 0.29) is 23.9 Å². The van der Waals surface area contributed by atoms with E-state index in [1.807, 2.05) is 149 Å². The van der Waals surface area contributed by atoms with Gasteiger partial charge in [0, 0.05) is 59.2 Å². The van der Waals surface area contributed by atoms with Crippen molar-refractivity contribution in [1.82, 2.24) is 69.8 Å². The Morgan fingerprint density at radius 3 is 1.16 bits per heavy atom. The monoisotopic (exact) mass is 1730 g/mol. The van der Waals surface area contributed by atoms with Crippen LogP contribution in [0.4, 0.5) is 5.95 Å². The number of hydrogen-bond acceptors (Lipinski definition) is 25. The number of nitrogens with two attached hydrogens (primary N) is 1. The van der Waals surface area contributed by atoms with E-state index in [4.69, 9.17) is 62.0 Å². The molecule has 0 atom stereocenters. The van der Waals surface area contributed by atoms with Crippen molar-refractivity contribution in [2.75, 3.05) is 41.3 Å². The number of hydrogen-bond donors (Lipinski definition) is 4. The summed E-state index contributed by atoms with van der Waals surface area (Å²) in [6.07, 6.45) is 9.17. The fourth-order valence-electron chi connectivity index (χ4n) is 17.1. The predicted octanol–water partition coefficient (Wildman–Crippen LogP) is 18.7. The number of esters is 5. The van der Waals surface area contributed by atoms with Gasteiger partial charge in [-0.25, -0.2) is 53.5 Å². The van der Waals surface area contributed by atoms with Gasteiger partial charge in [0.15, 0.2) is 17.0 Å². The summed E-state index contributed by atoms with van der Waals surface area (Å²) in [5.74, 6) is 7.93. The fourth-order valence-corrected chi connectivity index (χ4v) is 17.1. The van der Waals surface area contributed by atoms with Crippen LogP contribution in [0, 0.1) is 69.2 Å². The lowest BCUT2D eigenvalue weighted by molar-refractivity contribution is -0.670. The zero-order chi connectivity index (χ0) is 89.9. The number of nitrogens with zero attached hydrogens (tertiary/aromatic N) is 12. The molecule has 0 unspecified atom stereocenters. The molecule has 31 nitrogen and oxygen atoms in total. The highest BCUT2D eigenvalue weighted by Gasteiger charge is 2.39. The predicted molar refractivity (Wildman–Crippen MR) is 476 cm³/mol. The highest BCUT2D eigenvalue weighted by atomic mass is 16.5. The van der Waals surface area contributed by atoms with E-state index in [9.17, 15) is 24.0 Å². The van der Waals surface area contributed by atoms with Crippen LogP contribution in [0.2, 0.25) is 0 Å². The molecule has 0 aliphatic heterocycles. The molecule has 4 fully saturated rings. The largest absolute Gasteiger partial charge is 0.465 e. The lowest BCUT2D eigenvalue weighted by Gasteiger charge is -2.11. The number of anilines is 1. The van der Waals surface area contributed by atoms with Gasteiger partial charge in [0.2, 0.25) is 0 Å². The molecule has 4 saturated carbocycles. The minimum Gasteiger partial charge on any atom is -0.465 e. The van der Waals surface area contributed by atoms with Crippen LogP contribution >= 0.6 is 0 Å². The molecule has 10 aromatic heterocycles. The van der Waals surface area contributed by atoms with E-state index in [2.05, 4.69) is 101 Å². The van der Waals surface area contributed by atoms with Crippen LogP contribution in [0.5, 0.6) is 0 Å². The molecule has 4 aliphatic carbocycles. The van der Waals surface area contributed by atoms with Gasteiger partial charge in [0.05, 0.1) is 114 Å². The average molecular weight is 1730 g/mol. The third kappa shape index (κ3) is 16.7. The minimum atomic E-state index is -0.472. The second-order valence-corrected chi connectivity index (χ2v) is 33.0. The summed E-state index contributed by atoms with van der Waals surface area (Å²) < 4.78 is 58.0. The number of aromatic nitrogens is 15. The maximum atomic E-state index is 12.8. The minimum absolute atomic E-state index is 0.242. The first-order valence-corrected chi connectivity index (χ1v) is 42.4. The third-order valence-electron chi connectivity index (χ3n) is 23.9. The molecular weight excluding hydrogens is 1630 g/mol. The number of methoxy groups -OCH3 is 5. The van der Waals surface area contributed by atoms with Gasteiger partial charge < -0.3 is 71.1 Å². The van der Waals surface area contributed by atoms with Crippen molar-refractivity contribution in [1.29, 1.82) is 0 Å². The van der Waals surface area contributed by atoms with Crippen molar-refractivity contribution in [3.05, 3.63) is 241 Å². The van der Waals surface area contributed by atoms with Crippen molar-refractivity contribution < 1.29 is 74.8 Å². The van der Waals surface area contributed by atoms with E-state index in [0.717, 1.165) is 209 Å². The molecule has 0 spiro atoms. The second kappa shape index (κ2) is 34.9. The molecule has 0 bridgehead atoms. The Morgan fingerprint density at radius 1 is 0.391 bits per heavy atom. The molecule has 31 heteroatoms. The molecule has 7 aromatic carbocycles. The summed E-state index contributed by atoms with van der Waals surface area (Å²) in [5.41, 5.74) is 30.8. The zero-order valence-corrected chi connectivity index (χ0v) is 74.0. The highest BCUT2D eigenvalue weighted by Crippen LogP contribution is 2.47. The topological polar surface area (TPSA) is 400 Å². The van der Waals surface area contributed by atoms with Gasteiger partial charge in [-0.2, -0.15) is 0 Å². The van der Waals surface area contributed by atoms with Crippen LogP contribution in [0.15, 0.2) is 144 Å². The smallest absolute Gasteiger partial charge is 0.342 e. The van der Waals surface area contributed by atoms with Crippen LogP contribution in [0.3, 0.4) is 0 Å². The van der Waals surface area contributed by atoms with Crippen LogP contribution in [0.25, 0.3) is 111 Å². The Bertz CT molecular complexity index is 7080. The van der Waals surface area contributed by atoms with E-state index < -0.39 is 11.9 Å². The Balaban J connectivity index is 0.000000113. The number of fused-ring (bicyclic) bond motifs is 5. The summed E-state index contributed by atoms with van der Waals surface area (Å²) in [6.45, 7) is 20.2. The molecule has 10 heterocycles. The van der Waals surface area contributed by atoms with E-state index >= 15 is 0 Å². The number of nitrogen functional groups attached to an aromatic ring is 1. The zero-order valence-electron chi connectivity index (χ0n) is 74.0. The fraction of sp³-hybridized carbons (Fsp3) is 0.309. The molecule has 0 radical (unpaired) electrons. The number of imidazole rings is 5. The Labute approximate surface area is 734 Å².